The van der Waals surface area contributed by atoms with Crippen molar-refractivity contribution < 1.29 is 35.3 Å². The fourth-order valence-electron chi connectivity index (χ4n) is 1.34. The molecule has 0 heterocycles. The van der Waals surface area contributed by atoms with E-state index >= 15 is 0 Å². The molecule has 5 nitrogen and oxygen atoms in total. The van der Waals surface area contributed by atoms with Crippen molar-refractivity contribution >= 4 is 38.6 Å². The van der Waals surface area contributed by atoms with E-state index in [1.807, 2.05) is 0 Å². The summed E-state index contributed by atoms with van der Waals surface area (Å²) in [6, 6.07) is 0.345. The molecule has 0 saturated heterocycles. The molecule has 0 bridgehead atoms. The predicted molar refractivity (Wildman–Crippen MR) is 72.8 cm³/mol. The Bertz CT molecular complexity index is 647. The van der Waals surface area contributed by atoms with E-state index in [9.17, 15) is 30.8 Å². The van der Waals surface area contributed by atoms with Gasteiger partial charge in [-0.2, -0.15) is 21.6 Å². The highest BCUT2D eigenvalue weighted by Crippen LogP contribution is 2.22. The van der Waals surface area contributed by atoms with Crippen LogP contribution in [-0.2, 0) is 10.1 Å². The first kappa shape index (κ1) is 18.1. The standard InChI is InChI=1S/C10H8F4INO4S/c11-7-2-1-5(15)3-6(7)9(17)16-8(10(12,13)14)4-21(18,19)20/h1-3,8H,4H2,(H,16,17)(H,18,19,20). The predicted octanol–water partition coefficient (Wildman–Crippen LogP) is 1.98. The van der Waals surface area contributed by atoms with E-state index in [1.54, 1.807) is 22.6 Å². The Hall–Kier alpha value is -0.950. The molecule has 0 fully saturated rings. The molecule has 1 aromatic rings. The van der Waals surface area contributed by atoms with Crippen LogP contribution in [0.4, 0.5) is 17.6 Å². The molecular formula is C10H8F4INO4S. The normalized spacial score (nSPS) is 13.8. The molecule has 118 valence electrons. The summed E-state index contributed by atoms with van der Waals surface area (Å²) in [5.41, 5.74) is -0.661. The monoisotopic (exact) mass is 441 g/mol. The molecule has 21 heavy (non-hydrogen) atoms. The maximum absolute atomic E-state index is 13.4. The molecule has 11 heteroatoms. The van der Waals surface area contributed by atoms with Gasteiger partial charge in [0.05, 0.1) is 5.56 Å². The van der Waals surface area contributed by atoms with Crippen LogP contribution in [-0.4, -0.2) is 36.8 Å². The van der Waals surface area contributed by atoms with Crippen LogP contribution in [0.3, 0.4) is 0 Å². The van der Waals surface area contributed by atoms with Crippen LogP contribution >= 0.6 is 22.6 Å². The molecule has 2 N–H and O–H groups in total. The lowest BCUT2D eigenvalue weighted by molar-refractivity contribution is -0.148. The lowest BCUT2D eigenvalue weighted by atomic mass is 10.2. The van der Waals surface area contributed by atoms with Crippen LogP contribution in [0.25, 0.3) is 0 Å². The quantitative estimate of drug-likeness (QED) is 0.426. The molecule has 0 aliphatic rings. The van der Waals surface area contributed by atoms with Crippen LogP contribution in [0.15, 0.2) is 18.2 Å². The van der Waals surface area contributed by atoms with Crippen LogP contribution in [0.1, 0.15) is 10.4 Å². The summed E-state index contributed by atoms with van der Waals surface area (Å²) in [6.45, 7) is 0. The first-order valence-electron chi connectivity index (χ1n) is 5.18. The van der Waals surface area contributed by atoms with E-state index in [-0.39, 0.29) is 0 Å². The van der Waals surface area contributed by atoms with Crippen molar-refractivity contribution in [2.24, 2.45) is 0 Å². The molecule has 0 aliphatic carbocycles. The molecule has 1 aromatic carbocycles. The van der Waals surface area contributed by atoms with Crippen LogP contribution in [0, 0.1) is 9.39 Å². The molecule has 1 amide bonds. The molecular weight excluding hydrogens is 433 g/mol. The molecule has 0 aromatic heterocycles. The van der Waals surface area contributed by atoms with E-state index in [1.165, 1.54) is 11.4 Å². The molecule has 0 radical (unpaired) electrons. The molecule has 1 rings (SSSR count). The summed E-state index contributed by atoms with van der Waals surface area (Å²) >= 11 is 1.72. The highest BCUT2D eigenvalue weighted by atomic mass is 127. The van der Waals surface area contributed by atoms with E-state index in [2.05, 4.69) is 0 Å². The maximum Gasteiger partial charge on any atom is 0.409 e. The number of rotatable bonds is 4. The molecule has 0 saturated carbocycles. The lowest BCUT2D eigenvalue weighted by Gasteiger charge is -2.20. The Balaban J connectivity index is 3.03. The fourth-order valence-corrected chi connectivity index (χ4v) is 2.52. The Morgan fingerprint density at radius 2 is 1.95 bits per heavy atom. The number of halogens is 5. The van der Waals surface area contributed by atoms with Gasteiger partial charge in [0.1, 0.15) is 17.6 Å². The number of hydrogen-bond donors (Lipinski definition) is 2. The molecule has 0 aliphatic heterocycles. The van der Waals surface area contributed by atoms with Gasteiger partial charge < -0.3 is 5.32 Å². The third kappa shape index (κ3) is 5.74. The largest absolute Gasteiger partial charge is 0.409 e. The van der Waals surface area contributed by atoms with Gasteiger partial charge in [-0.15, -0.1) is 0 Å². The van der Waals surface area contributed by atoms with Crippen molar-refractivity contribution in [1.82, 2.24) is 5.32 Å². The number of alkyl halides is 3. The number of carbonyl (C=O) groups is 1. The zero-order valence-electron chi connectivity index (χ0n) is 9.99. The zero-order chi connectivity index (χ0) is 16.4. The fraction of sp³-hybridized carbons (Fsp3) is 0.300. The highest BCUT2D eigenvalue weighted by Gasteiger charge is 2.43. The number of benzene rings is 1. The Labute approximate surface area is 130 Å². The first-order chi connectivity index (χ1) is 9.40. The summed E-state index contributed by atoms with van der Waals surface area (Å²) in [5.74, 6) is -4.24. The van der Waals surface area contributed by atoms with Gasteiger partial charge >= 0.3 is 6.18 Å². The number of nitrogens with one attached hydrogen (secondary N) is 1. The summed E-state index contributed by atoms with van der Waals surface area (Å²) < 4.78 is 81.2. The van der Waals surface area contributed by atoms with Gasteiger partial charge in [0, 0.05) is 3.57 Å². The highest BCUT2D eigenvalue weighted by molar-refractivity contribution is 14.1. The van der Waals surface area contributed by atoms with E-state index < -0.39 is 45.4 Å². The van der Waals surface area contributed by atoms with Crippen molar-refractivity contribution in [2.75, 3.05) is 5.75 Å². The summed E-state index contributed by atoms with van der Waals surface area (Å²) in [5, 5.41) is 1.35. The van der Waals surface area contributed by atoms with Crippen molar-refractivity contribution in [1.29, 1.82) is 0 Å². The molecule has 1 unspecified atom stereocenters. The Kier molecular flexibility index (Phi) is 5.55. The average Bonchev–Trinajstić information content (AvgIpc) is 2.28. The summed E-state index contributed by atoms with van der Waals surface area (Å²) in [4.78, 5) is 11.6. The van der Waals surface area contributed by atoms with Crippen LogP contribution in [0.5, 0.6) is 0 Å². The van der Waals surface area contributed by atoms with Crippen LogP contribution in [0.2, 0.25) is 0 Å². The third-order valence-electron chi connectivity index (χ3n) is 2.25. The van der Waals surface area contributed by atoms with E-state index in [4.69, 9.17) is 4.55 Å². The van der Waals surface area contributed by atoms with Crippen molar-refractivity contribution in [2.45, 2.75) is 12.2 Å². The second-order valence-corrected chi connectivity index (χ2v) is 6.68. The topological polar surface area (TPSA) is 83.5 Å². The molecule has 0 spiro atoms. The van der Waals surface area contributed by atoms with Crippen molar-refractivity contribution in [3.8, 4) is 0 Å². The third-order valence-corrected chi connectivity index (χ3v) is 3.68. The second kappa shape index (κ2) is 6.44. The first-order valence-corrected chi connectivity index (χ1v) is 7.87. The van der Waals surface area contributed by atoms with Gasteiger partial charge in [-0.3, -0.25) is 9.35 Å². The van der Waals surface area contributed by atoms with Crippen LogP contribution < -0.4 is 5.32 Å². The van der Waals surface area contributed by atoms with E-state index in [0.29, 0.717) is 3.57 Å². The van der Waals surface area contributed by atoms with Crippen molar-refractivity contribution in [3.05, 3.63) is 33.1 Å². The van der Waals surface area contributed by atoms with Gasteiger partial charge in [-0.1, -0.05) is 0 Å². The Morgan fingerprint density at radius 1 is 1.38 bits per heavy atom. The lowest BCUT2D eigenvalue weighted by Crippen LogP contribution is -2.49. The molecule has 1 atom stereocenters. The van der Waals surface area contributed by atoms with Crippen molar-refractivity contribution in [3.63, 3.8) is 0 Å². The minimum Gasteiger partial charge on any atom is -0.339 e. The minimum absolute atomic E-state index is 0.400. The van der Waals surface area contributed by atoms with Gasteiger partial charge in [-0.05, 0) is 40.8 Å². The van der Waals surface area contributed by atoms with E-state index in [0.717, 1.165) is 12.1 Å². The number of amides is 1. The smallest absolute Gasteiger partial charge is 0.339 e. The van der Waals surface area contributed by atoms with Gasteiger partial charge in [0.15, 0.2) is 0 Å². The SMILES string of the molecule is O=C(NC(CS(=O)(=O)O)C(F)(F)F)c1cc(I)ccc1F. The zero-order valence-corrected chi connectivity index (χ0v) is 13.0. The summed E-state index contributed by atoms with van der Waals surface area (Å²) in [7, 11) is -4.98. The maximum atomic E-state index is 13.4. The van der Waals surface area contributed by atoms with Gasteiger partial charge in [-0.25, -0.2) is 4.39 Å². The Morgan fingerprint density at radius 3 is 2.43 bits per heavy atom. The second-order valence-electron chi connectivity index (χ2n) is 3.94. The van der Waals surface area contributed by atoms with Gasteiger partial charge in [0.2, 0.25) is 0 Å². The van der Waals surface area contributed by atoms with Gasteiger partial charge in [0.25, 0.3) is 16.0 Å². The number of carbonyl (C=O) groups excluding carboxylic acids is 1. The number of hydrogen-bond acceptors (Lipinski definition) is 3. The minimum atomic E-state index is -5.12. The summed E-state index contributed by atoms with van der Waals surface area (Å²) in [6.07, 6.45) is -5.12. The average molecular weight is 441 g/mol.